The molecule has 2 atom stereocenters. The van der Waals surface area contributed by atoms with Crippen molar-refractivity contribution in [3.8, 4) is 0 Å². The highest BCUT2D eigenvalue weighted by Gasteiger charge is 2.58. The van der Waals surface area contributed by atoms with E-state index in [9.17, 15) is 19.2 Å². The van der Waals surface area contributed by atoms with Crippen LogP contribution in [0, 0.1) is 5.92 Å². The predicted octanol–water partition coefficient (Wildman–Crippen LogP) is 3.31. The smallest absolute Gasteiger partial charge is 0.418 e. The number of carbonyl (C=O) groups is 4. The van der Waals surface area contributed by atoms with Gasteiger partial charge in [0.05, 0.1) is 0 Å². The Labute approximate surface area is 215 Å². The molecular formula is C28H30N4O5. The van der Waals surface area contributed by atoms with Crippen LogP contribution in [0.1, 0.15) is 47.9 Å². The number of imide groups is 1. The Kier molecular flexibility index (Phi) is 5.66. The second kappa shape index (κ2) is 8.90. The number of nitrogens with zero attached hydrogens (tertiary/aromatic N) is 2. The van der Waals surface area contributed by atoms with Crippen molar-refractivity contribution in [2.45, 2.75) is 56.7 Å². The van der Waals surface area contributed by atoms with Gasteiger partial charge in [0.25, 0.3) is 5.91 Å². The molecule has 0 bridgehead atoms. The number of urea groups is 1. The van der Waals surface area contributed by atoms with Crippen molar-refractivity contribution in [3.63, 3.8) is 0 Å². The Morgan fingerprint density at radius 3 is 2.57 bits per heavy atom. The molecule has 1 spiro atoms. The monoisotopic (exact) mass is 502 g/mol. The second-order valence-corrected chi connectivity index (χ2v) is 10.4. The van der Waals surface area contributed by atoms with Gasteiger partial charge in [0.15, 0.2) is 0 Å². The molecule has 9 nitrogen and oxygen atoms in total. The van der Waals surface area contributed by atoms with Gasteiger partial charge in [0.1, 0.15) is 6.54 Å². The van der Waals surface area contributed by atoms with Gasteiger partial charge in [-0.05, 0) is 66.8 Å². The van der Waals surface area contributed by atoms with Gasteiger partial charge in [-0.25, -0.2) is 14.5 Å². The van der Waals surface area contributed by atoms with Crippen LogP contribution in [0.3, 0.4) is 0 Å². The van der Waals surface area contributed by atoms with E-state index in [-0.39, 0.29) is 24.5 Å². The SMILES string of the molecule is CNC(=O)Nc1ccc2c(c1)CC[C@@]21OC(=O)N(CC(=O)N2Cc3ccccc3CC[C@@H]2C2CC2)C1=O. The van der Waals surface area contributed by atoms with E-state index in [2.05, 4.69) is 22.8 Å². The fourth-order valence-electron chi connectivity index (χ4n) is 6.11. The topological polar surface area (TPSA) is 108 Å². The second-order valence-electron chi connectivity index (χ2n) is 10.4. The molecule has 192 valence electrons. The van der Waals surface area contributed by atoms with E-state index in [1.54, 1.807) is 18.2 Å². The molecule has 2 heterocycles. The summed E-state index contributed by atoms with van der Waals surface area (Å²) < 4.78 is 5.73. The van der Waals surface area contributed by atoms with Crippen molar-refractivity contribution in [2.24, 2.45) is 5.92 Å². The molecule has 6 rings (SSSR count). The number of hydrogen-bond donors (Lipinski definition) is 2. The quantitative estimate of drug-likeness (QED) is 0.667. The molecule has 2 aromatic rings. The van der Waals surface area contributed by atoms with Gasteiger partial charge in [-0.15, -0.1) is 0 Å². The largest absolute Gasteiger partial charge is 0.427 e. The number of benzene rings is 2. The summed E-state index contributed by atoms with van der Waals surface area (Å²) >= 11 is 0. The Balaban J connectivity index is 1.23. The van der Waals surface area contributed by atoms with Crippen molar-refractivity contribution in [1.82, 2.24) is 15.1 Å². The number of aryl methyl sites for hydroxylation is 2. The van der Waals surface area contributed by atoms with Crippen LogP contribution in [0.25, 0.3) is 0 Å². The summed E-state index contributed by atoms with van der Waals surface area (Å²) in [5.74, 6) is -0.237. The standard InChI is InChI=1S/C28H30N4O5/c1-29-26(35)30-21-9-10-22-19(14-21)12-13-28(22)25(34)32(27(36)37-28)16-24(33)31-15-20-5-3-2-4-17(20)8-11-23(31)18-6-7-18/h2-5,9-10,14,18,23H,6-8,11-13,15-16H2,1H3,(H2,29,30,35)/t23-,28-/m1/s1. The Morgan fingerprint density at radius 2 is 1.81 bits per heavy atom. The van der Waals surface area contributed by atoms with Gasteiger partial charge in [0.2, 0.25) is 11.5 Å². The number of anilines is 1. The fraction of sp³-hybridized carbons (Fsp3) is 0.429. The highest BCUT2D eigenvalue weighted by molar-refractivity contribution is 6.06. The zero-order chi connectivity index (χ0) is 25.7. The molecule has 2 aromatic carbocycles. The first-order chi connectivity index (χ1) is 17.9. The van der Waals surface area contributed by atoms with Gasteiger partial charge >= 0.3 is 12.1 Å². The Bertz CT molecular complexity index is 1310. The van der Waals surface area contributed by atoms with Gasteiger partial charge in [-0.1, -0.05) is 30.3 Å². The summed E-state index contributed by atoms with van der Waals surface area (Å²) in [6.45, 7) is 0.165. The molecule has 1 saturated carbocycles. The molecule has 0 aromatic heterocycles. The minimum absolute atomic E-state index is 0.112. The molecule has 37 heavy (non-hydrogen) atoms. The normalized spacial score (nSPS) is 24.4. The number of rotatable bonds is 4. The highest BCUT2D eigenvalue weighted by atomic mass is 16.6. The number of carbonyl (C=O) groups excluding carboxylic acids is 4. The molecule has 2 N–H and O–H groups in total. The molecule has 2 aliphatic heterocycles. The summed E-state index contributed by atoms with van der Waals surface area (Å²) in [4.78, 5) is 54.8. The highest BCUT2D eigenvalue weighted by Crippen LogP contribution is 2.46. The number of nitrogens with one attached hydrogen (secondary N) is 2. The van der Waals surface area contributed by atoms with Crippen molar-refractivity contribution >= 4 is 29.6 Å². The number of amides is 5. The Hall–Kier alpha value is -3.88. The van der Waals surface area contributed by atoms with Crippen LogP contribution in [0.4, 0.5) is 15.3 Å². The van der Waals surface area contributed by atoms with E-state index in [0.717, 1.165) is 41.7 Å². The van der Waals surface area contributed by atoms with Crippen LogP contribution < -0.4 is 10.6 Å². The Morgan fingerprint density at radius 1 is 1.03 bits per heavy atom. The third kappa shape index (κ3) is 4.02. The van der Waals surface area contributed by atoms with Crippen molar-refractivity contribution in [2.75, 3.05) is 18.9 Å². The maximum atomic E-state index is 13.7. The van der Waals surface area contributed by atoms with Crippen LogP contribution in [0.2, 0.25) is 0 Å². The van der Waals surface area contributed by atoms with E-state index < -0.39 is 17.6 Å². The maximum absolute atomic E-state index is 13.7. The van der Waals surface area contributed by atoms with E-state index in [4.69, 9.17) is 4.74 Å². The average molecular weight is 503 g/mol. The molecule has 0 radical (unpaired) electrons. The summed E-state index contributed by atoms with van der Waals surface area (Å²) in [7, 11) is 1.53. The third-order valence-corrected chi connectivity index (χ3v) is 8.19. The van der Waals surface area contributed by atoms with E-state index in [0.29, 0.717) is 36.6 Å². The summed E-state index contributed by atoms with van der Waals surface area (Å²) in [6, 6.07) is 13.1. The van der Waals surface area contributed by atoms with Crippen LogP contribution in [0.15, 0.2) is 42.5 Å². The third-order valence-electron chi connectivity index (χ3n) is 8.19. The number of fused-ring (bicyclic) bond motifs is 3. The van der Waals surface area contributed by atoms with Gasteiger partial charge in [-0.3, -0.25) is 9.59 Å². The first-order valence-corrected chi connectivity index (χ1v) is 12.9. The molecule has 4 aliphatic rings. The van der Waals surface area contributed by atoms with E-state index >= 15 is 0 Å². The zero-order valence-electron chi connectivity index (χ0n) is 20.8. The molecule has 0 unspecified atom stereocenters. The first-order valence-electron chi connectivity index (χ1n) is 12.9. The van der Waals surface area contributed by atoms with Crippen LogP contribution in [0.5, 0.6) is 0 Å². The van der Waals surface area contributed by atoms with Crippen LogP contribution in [-0.2, 0) is 39.3 Å². The van der Waals surface area contributed by atoms with Crippen molar-refractivity contribution in [1.29, 1.82) is 0 Å². The van der Waals surface area contributed by atoms with Crippen molar-refractivity contribution in [3.05, 3.63) is 64.7 Å². The zero-order valence-corrected chi connectivity index (χ0v) is 20.8. The molecule has 5 amide bonds. The lowest BCUT2D eigenvalue weighted by molar-refractivity contribution is -0.143. The van der Waals surface area contributed by atoms with E-state index in [1.165, 1.54) is 12.6 Å². The van der Waals surface area contributed by atoms with Gasteiger partial charge in [-0.2, -0.15) is 0 Å². The van der Waals surface area contributed by atoms with Gasteiger partial charge in [0, 0.05) is 37.3 Å². The van der Waals surface area contributed by atoms with Crippen LogP contribution >= 0.6 is 0 Å². The molecular weight excluding hydrogens is 472 g/mol. The summed E-state index contributed by atoms with van der Waals surface area (Å²) in [5, 5.41) is 5.22. The molecule has 1 saturated heterocycles. The predicted molar refractivity (Wildman–Crippen MR) is 135 cm³/mol. The minimum Gasteiger partial charge on any atom is -0.427 e. The molecule has 9 heteroatoms. The van der Waals surface area contributed by atoms with Gasteiger partial charge < -0.3 is 20.3 Å². The lowest BCUT2D eigenvalue weighted by atomic mass is 9.94. The summed E-state index contributed by atoms with van der Waals surface area (Å²) in [6.07, 6.45) is 4.06. The summed E-state index contributed by atoms with van der Waals surface area (Å²) in [5.41, 5.74) is 3.00. The molecule has 2 aliphatic carbocycles. The van der Waals surface area contributed by atoms with Crippen molar-refractivity contribution < 1.29 is 23.9 Å². The lowest BCUT2D eigenvalue weighted by Gasteiger charge is -2.31. The van der Waals surface area contributed by atoms with Crippen LogP contribution in [-0.4, -0.2) is 53.4 Å². The first kappa shape index (κ1) is 23.5. The van der Waals surface area contributed by atoms with E-state index in [1.807, 2.05) is 17.0 Å². The maximum Gasteiger partial charge on any atom is 0.418 e. The number of ether oxygens (including phenoxy) is 1. The number of hydrogen-bond acceptors (Lipinski definition) is 5. The fourth-order valence-corrected chi connectivity index (χ4v) is 6.11. The lowest BCUT2D eigenvalue weighted by Crippen LogP contribution is -2.48. The minimum atomic E-state index is -1.42. The molecule has 2 fully saturated rings. The average Bonchev–Trinajstić information content (AvgIpc) is 3.66.